The predicted molar refractivity (Wildman–Crippen MR) is 117 cm³/mol. The molecule has 1 saturated heterocycles. The molecule has 0 aromatic heterocycles. The second kappa shape index (κ2) is 8.10. The van der Waals surface area contributed by atoms with Crippen LogP contribution in [0.3, 0.4) is 0 Å². The van der Waals surface area contributed by atoms with Crippen LogP contribution in [0.4, 0.5) is 0 Å². The average Bonchev–Trinajstić information content (AvgIpc) is 3.07. The van der Waals surface area contributed by atoms with Gasteiger partial charge in [0.15, 0.2) is 23.4 Å². The first kappa shape index (κ1) is 22.1. The number of carboxylic acids is 1. The van der Waals surface area contributed by atoms with E-state index in [1.807, 2.05) is 19.9 Å². The van der Waals surface area contributed by atoms with Crippen LogP contribution in [-0.2, 0) is 21.4 Å². The van der Waals surface area contributed by atoms with Gasteiger partial charge in [0.05, 0.1) is 7.11 Å². The van der Waals surface area contributed by atoms with E-state index in [2.05, 4.69) is 18.0 Å². The number of ether oxygens (including phenoxy) is 2. The van der Waals surface area contributed by atoms with Gasteiger partial charge in [-0.25, -0.2) is 0 Å². The van der Waals surface area contributed by atoms with E-state index in [0.29, 0.717) is 30.7 Å². The van der Waals surface area contributed by atoms with Crippen molar-refractivity contribution in [3.63, 3.8) is 0 Å². The maximum absolute atomic E-state index is 12.6. The summed E-state index contributed by atoms with van der Waals surface area (Å²) in [6.45, 7) is 4.94. The van der Waals surface area contributed by atoms with E-state index in [1.54, 1.807) is 7.11 Å². The van der Waals surface area contributed by atoms with E-state index in [-0.39, 0.29) is 17.3 Å². The van der Waals surface area contributed by atoms with Gasteiger partial charge in [0.25, 0.3) is 0 Å². The second-order valence-corrected chi connectivity index (χ2v) is 9.86. The van der Waals surface area contributed by atoms with E-state index in [0.717, 1.165) is 37.3 Å². The molecule has 170 valence electrons. The van der Waals surface area contributed by atoms with Crippen molar-refractivity contribution in [1.29, 1.82) is 0 Å². The van der Waals surface area contributed by atoms with Gasteiger partial charge in [0.2, 0.25) is 0 Å². The van der Waals surface area contributed by atoms with Crippen molar-refractivity contribution < 1.29 is 24.2 Å². The van der Waals surface area contributed by atoms with Gasteiger partial charge in [-0.15, -0.1) is 0 Å². The molecular formula is C24H34N2O5. The van der Waals surface area contributed by atoms with Crippen LogP contribution in [0, 0.1) is 11.8 Å². The molecular weight excluding hydrogens is 396 g/mol. The summed E-state index contributed by atoms with van der Waals surface area (Å²) in [5, 5.41) is 8.31. The Kier molecular flexibility index (Phi) is 5.77. The Bertz CT molecular complexity index is 885. The number of carbonyl (C=O) groups is 2. The van der Waals surface area contributed by atoms with Crippen LogP contribution in [0.5, 0.6) is 11.5 Å². The lowest BCUT2D eigenvalue weighted by atomic mass is 9.52. The predicted octanol–water partition coefficient (Wildman–Crippen LogP) is 2.38. The lowest BCUT2D eigenvalue weighted by molar-refractivity contribution is -0.139. The van der Waals surface area contributed by atoms with Crippen molar-refractivity contribution in [1.82, 2.24) is 4.90 Å². The molecule has 7 heteroatoms. The van der Waals surface area contributed by atoms with Gasteiger partial charge < -0.3 is 25.2 Å². The van der Waals surface area contributed by atoms with Crippen molar-refractivity contribution in [2.75, 3.05) is 20.7 Å². The number of likely N-dealkylation sites (tertiary alicyclic amines) is 1. The van der Waals surface area contributed by atoms with Gasteiger partial charge in [-0.2, -0.15) is 0 Å². The minimum Gasteiger partial charge on any atom is -0.493 e. The maximum atomic E-state index is 12.6. The number of likely N-dealkylation sites (N-methyl/N-ethyl adjacent to an activating group) is 1. The number of piperidine rings is 1. The lowest BCUT2D eigenvalue weighted by Crippen LogP contribution is -2.65. The Hall–Kier alpha value is -2.12. The van der Waals surface area contributed by atoms with Crippen LogP contribution >= 0.6 is 0 Å². The largest absolute Gasteiger partial charge is 0.493 e. The minimum atomic E-state index is -0.913. The van der Waals surface area contributed by atoms with E-state index < -0.39 is 12.0 Å². The monoisotopic (exact) mass is 430 g/mol. The number of rotatable bonds is 4. The van der Waals surface area contributed by atoms with Gasteiger partial charge in [-0.1, -0.05) is 19.9 Å². The highest BCUT2D eigenvalue weighted by atomic mass is 16.5. The number of hydrogen-bond acceptors (Lipinski definition) is 6. The number of ketones is 1. The molecule has 2 aliphatic carbocycles. The third-order valence-electron chi connectivity index (χ3n) is 7.63. The normalized spacial score (nSPS) is 31.3. The standard InChI is InChI=1S/C18H21NO3.C6H13NO2/c1-19-8-7-18-11-4-5-13(20)17(18)22-16-14(21-2)6-3-10(15(16)18)9-12(11)19;1-4(2)3-5(7)6(8)9/h3,6,11-12,17H,4-5,7-9H2,1-2H3;4-5H,3,7H2,1-2H3,(H,8,9)/t11-,12+,17-,18-;5-/m00/s1. The Morgan fingerprint density at radius 2 is 2.16 bits per heavy atom. The molecule has 0 amide bonds. The van der Waals surface area contributed by atoms with Crippen LogP contribution in [-0.4, -0.2) is 60.6 Å². The van der Waals surface area contributed by atoms with Gasteiger partial charge in [-0.3, -0.25) is 9.59 Å². The van der Waals surface area contributed by atoms with E-state index in [9.17, 15) is 9.59 Å². The van der Waals surface area contributed by atoms with Crippen molar-refractivity contribution >= 4 is 11.8 Å². The summed E-state index contributed by atoms with van der Waals surface area (Å²) in [6.07, 6.45) is 4.02. The zero-order chi connectivity index (χ0) is 22.5. The molecule has 2 aliphatic heterocycles. The number of nitrogens with two attached hydrogens (primary N) is 1. The van der Waals surface area contributed by atoms with Crippen LogP contribution < -0.4 is 15.2 Å². The number of nitrogens with zero attached hydrogens (tertiary/aromatic N) is 1. The Morgan fingerprint density at radius 1 is 1.42 bits per heavy atom. The third-order valence-corrected chi connectivity index (χ3v) is 7.63. The number of carboxylic acid groups (broad SMARTS) is 1. The van der Waals surface area contributed by atoms with E-state index >= 15 is 0 Å². The number of hydrogen-bond donors (Lipinski definition) is 2. The molecule has 31 heavy (non-hydrogen) atoms. The summed E-state index contributed by atoms with van der Waals surface area (Å²) in [6, 6.07) is 4.04. The molecule has 5 rings (SSSR count). The van der Waals surface area contributed by atoms with Gasteiger partial charge >= 0.3 is 5.97 Å². The SMILES string of the molecule is CC(C)C[C@H](N)C(=O)O.COc1ccc2c3c1O[C@H]1C(=O)CC[C@H]4[C@@H](C2)N(C)CC[C@]314. The fourth-order valence-corrected chi connectivity index (χ4v) is 6.28. The molecule has 5 atom stereocenters. The van der Waals surface area contributed by atoms with Crippen LogP contribution in [0.1, 0.15) is 50.7 Å². The molecule has 1 aromatic rings. The second-order valence-electron chi connectivity index (χ2n) is 9.86. The molecule has 0 radical (unpaired) electrons. The van der Waals surface area contributed by atoms with Gasteiger partial charge in [0.1, 0.15) is 6.04 Å². The van der Waals surface area contributed by atoms with Crippen LogP contribution in [0.2, 0.25) is 0 Å². The molecule has 0 unspecified atom stereocenters. The molecule has 4 aliphatic rings. The fourth-order valence-electron chi connectivity index (χ4n) is 6.28. The molecule has 3 N–H and O–H groups in total. The molecule has 1 saturated carbocycles. The summed E-state index contributed by atoms with van der Waals surface area (Å²) in [5.41, 5.74) is 7.79. The van der Waals surface area contributed by atoms with Crippen molar-refractivity contribution in [3.05, 3.63) is 23.3 Å². The number of benzene rings is 1. The van der Waals surface area contributed by atoms with Crippen molar-refractivity contribution in [2.24, 2.45) is 17.6 Å². The summed E-state index contributed by atoms with van der Waals surface area (Å²) in [4.78, 5) is 25.2. The first-order valence-corrected chi connectivity index (χ1v) is 11.3. The topological polar surface area (TPSA) is 102 Å². The third kappa shape index (κ3) is 3.42. The number of Topliss-reactive ketones (excluding diaryl/α,β-unsaturated/α-hetero) is 1. The first-order valence-electron chi connectivity index (χ1n) is 11.3. The number of aliphatic carboxylic acids is 1. The lowest BCUT2D eigenvalue weighted by Gasteiger charge is -2.57. The molecule has 1 spiro atoms. The quantitative estimate of drug-likeness (QED) is 0.756. The summed E-state index contributed by atoms with van der Waals surface area (Å²) >= 11 is 0. The average molecular weight is 431 g/mol. The number of carbonyl (C=O) groups excluding carboxylic acids is 1. The molecule has 2 fully saturated rings. The molecule has 1 aromatic carbocycles. The highest BCUT2D eigenvalue weighted by Gasteiger charge is 2.65. The zero-order valence-electron chi connectivity index (χ0n) is 18.9. The minimum absolute atomic E-state index is 0.0933. The summed E-state index contributed by atoms with van der Waals surface area (Å²) in [5.74, 6) is 1.90. The Labute approximate surface area is 183 Å². The highest BCUT2D eigenvalue weighted by molar-refractivity contribution is 5.89. The smallest absolute Gasteiger partial charge is 0.320 e. The highest BCUT2D eigenvalue weighted by Crippen LogP contribution is 2.63. The van der Waals surface area contributed by atoms with Gasteiger partial charge in [0, 0.05) is 23.4 Å². The Balaban J connectivity index is 0.000000221. The number of methoxy groups -OCH3 is 1. The van der Waals surface area contributed by atoms with Crippen molar-refractivity contribution in [2.45, 2.75) is 69.6 Å². The van der Waals surface area contributed by atoms with Crippen LogP contribution in [0.15, 0.2) is 12.1 Å². The van der Waals surface area contributed by atoms with E-state index in [4.69, 9.17) is 20.3 Å². The molecule has 2 heterocycles. The molecule has 7 nitrogen and oxygen atoms in total. The maximum Gasteiger partial charge on any atom is 0.320 e. The summed E-state index contributed by atoms with van der Waals surface area (Å²) in [7, 11) is 3.91. The summed E-state index contributed by atoms with van der Waals surface area (Å²) < 4.78 is 11.8. The first-order chi connectivity index (χ1) is 14.7. The van der Waals surface area contributed by atoms with Gasteiger partial charge in [-0.05, 0) is 62.7 Å². The van der Waals surface area contributed by atoms with Crippen molar-refractivity contribution in [3.8, 4) is 11.5 Å². The molecule has 2 bridgehead atoms. The Morgan fingerprint density at radius 3 is 2.77 bits per heavy atom. The van der Waals surface area contributed by atoms with E-state index in [1.165, 1.54) is 11.1 Å². The van der Waals surface area contributed by atoms with Crippen LogP contribution in [0.25, 0.3) is 0 Å². The zero-order valence-corrected chi connectivity index (χ0v) is 18.9. The fraction of sp³-hybridized carbons (Fsp3) is 0.667.